The van der Waals surface area contributed by atoms with E-state index >= 15 is 0 Å². The normalized spacial score (nSPS) is 18.5. The van der Waals surface area contributed by atoms with Crippen LogP contribution in [0.5, 0.6) is 0 Å². The first-order valence-corrected chi connectivity index (χ1v) is 15.4. The van der Waals surface area contributed by atoms with Gasteiger partial charge in [0.25, 0.3) is 0 Å². The number of sulfone groups is 1. The first-order chi connectivity index (χ1) is 16.4. The van der Waals surface area contributed by atoms with E-state index in [0.717, 1.165) is 11.2 Å². The van der Waals surface area contributed by atoms with Crippen LogP contribution in [0.1, 0.15) is 12.8 Å². The molecule has 1 aliphatic rings. The van der Waals surface area contributed by atoms with Crippen LogP contribution in [-0.2, 0) is 24.2 Å². The van der Waals surface area contributed by atoms with E-state index in [9.17, 15) is 27.6 Å². The number of carbonyl (C=O) groups excluding carboxylic acids is 4. The first kappa shape index (κ1) is 28.8. The van der Waals surface area contributed by atoms with Gasteiger partial charge in [-0.25, -0.2) is 13.2 Å². The maximum absolute atomic E-state index is 13.0. The third-order valence-corrected chi connectivity index (χ3v) is 7.53. The molecule has 11 nitrogen and oxygen atoms in total. The molecule has 1 heterocycles. The van der Waals surface area contributed by atoms with Crippen LogP contribution in [0.2, 0.25) is 0 Å². The highest BCUT2D eigenvalue weighted by molar-refractivity contribution is 7.99. The Morgan fingerprint density at radius 3 is 2.54 bits per heavy atom. The summed E-state index contributed by atoms with van der Waals surface area (Å²) in [6.07, 6.45) is 4.65. The molecule has 0 saturated carbocycles. The number of nitrogens with two attached hydrogens (primary N) is 1. The topological polar surface area (TPSA) is 168 Å². The van der Waals surface area contributed by atoms with E-state index in [1.165, 1.54) is 28.4 Å². The molecule has 0 radical (unpaired) electrons. The van der Waals surface area contributed by atoms with E-state index in [0.29, 0.717) is 5.69 Å². The monoisotopic (exact) mass is 545 g/mol. The molecule has 194 valence electrons. The number of carbonyl (C=O) groups is 4. The summed E-state index contributed by atoms with van der Waals surface area (Å²) < 4.78 is 22.9. The third kappa shape index (κ3) is 9.26. The Balaban J connectivity index is 2.08. The Hall–Kier alpha value is -2.45. The SMILES string of the molecule is CSCC(=O)N1C[C@@H](NC(=O)Nc2cccc(SC)c2)C[C@H]1C(=O)N[C@@H](CCS(C)(=O)=O)C(N)=O. The number of urea groups is 1. The molecule has 14 heteroatoms. The first-order valence-electron chi connectivity index (χ1n) is 10.7. The molecule has 0 aliphatic carbocycles. The second-order valence-electron chi connectivity index (χ2n) is 8.14. The van der Waals surface area contributed by atoms with Crippen molar-refractivity contribution >= 4 is 62.8 Å². The van der Waals surface area contributed by atoms with Crippen LogP contribution in [0, 0.1) is 0 Å². The fraction of sp³-hybridized carbons (Fsp3) is 0.524. The predicted molar refractivity (Wildman–Crippen MR) is 138 cm³/mol. The molecule has 1 aliphatic heterocycles. The van der Waals surface area contributed by atoms with E-state index in [2.05, 4.69) is 16.0 Å². The number of thioether (sulfide) groups is 2. The van der Waals surface area contributed by atoms with Crippen molar-refractivity contribution in [3.05, 3.63) is 24.3 Å². The summed E-state index contributed by atoms with van der Waals surface area (Å²) in [5.41, 5.74) is 5.95. The van der Waals surface area contributed by atoms with Gasteiger partial charge in [0.1, 0.15) is 21.9 Å². The largest absolute Gasteiger partial charge is 0.368 e. The van der Waals surface area contributed by atoms with Crippen LogP contribution in [0.15, 0.2) is 29.2 Å². The molecule has 0 aromatic heterocycles. The Bertz CT molecular complexity index is 1050. The maximum Gasteiger partial charge on any atom is 0.319 e. The second-order valence-corrected chi connectivity index (χ2v) is 12.1. The lowest BCUT2D eigenvalue weighted by atomic mass is 10.1. The third-order valence-electron chi connectivity index (χ3n) is 5.29. The Morgan fingerprint density at radius 2 is 1.94 bits per heavy atom. The van der Waals surface area contributed by atoms with Crippen molar-refractivity contribution in [2.24, 2.45) is 5.73 Å². The minimum absolute atomic E-state index is 0.111. The lowest BCUT2D eigenvalue weighted by molar-refractivity contribution is -0.137. The van der Waals surface area contributed by atoms with E-state index in [1.54, 1.807) is 12.3 Å². The fourth-order valence-electron chi connectivity index (χ4n) is 3.61. The maximum atomic E-state index is 13.0. The van der Waals surface area contributed by atoms with Crippen LogP contribution >= 0.6 is 23.5 Å². The van der Waals surface area contributed by atoms with Gasteiger partial charge in [-0.1, -0.05) is 6.07 Å². The average Bonchev–Trinajstić information content (AvgIpc) is 3.19. The van der Waals surface area contributed by atoms with Crippen molar-refractivity contribution in [3.8, 4) is 0 Å². The van der Waals surface area contributed by atoms with Gasteiger partial charge in [-0.05, 0) is 43.6 Å². The Kier molecular flexibility index (Phi) is 10.7. The molecule has 5 amide bonds. The number of nitrogens with zero attached hydrogens (tertiary/aromatic N) is 1. The van der Waals surface area contributed by atoms with E-state index in [-0.39, 0.29) is 36.8 Å². The number of anilines is 1. The van der Waals surface area contributed by atoms with Crippen molar-refractivity contribution < 1.29 is 27.6 Å². The number of likely N-dealkylation sites (tertiary alicyclic amines) is 1. The number of hydrogen-bond donors (Lipinski definition) is 4. The van der Waals surface area contributed by atoms with Crippen LogP contribution < -0.4 is 21.7 Å². The van der Waals surface area contributed by atoms with Gasteiger partial charge in [-0.15, -0.1) is 11.8 Å². The quantitative estimate of drug-likeness (QED) is 0.287. The molecular formula is C21H31N5O6S3. The summed E-state index contributed by atoms with van der Waals surface area (Å²) in [5.74, 6) is -1.99. The summed E-state index contributed by atoms with van der Waals surface area (Å²) in [5, 5.41) is 8.01. The van der Waals surface area contributed by atoms with Gasteiger partial charge in [0.05, 0.1) is 17.5 Å². The van der Waals surface area contributed by atoms with Gasteiger partial charge in [0, 0.05) is 23.4 Å². The van der Waals surface area contributed by atoms with Crippen molar-refractivity contribution in [2.45, 2.75) is 35.9 Å². The minimum atomic E-state index is -3.37. The van der Waals surface area contributed by atoms with Crippen molar-refractivity contribution in [1.29, 1.82) is 0 Å². The molecule has 1 aromatic rings. The highest BCUT2D eigenvalue weighted by Gasteiger charge is 2.40. The predicted octanol–water partition coefficient (Wildman–Crippen LogP) is 0.267. The van der Waals surface area contributed by atoms with E-state index in [1.807, 2.05) is 24.5 Å². The number of amides is 5. The van der Waals surface area contributed by atoms with Crippen LogP contribution in [0.3, 0.4) is 0 Å². The summed E-state index contributed by atoms with van der Waals surface area (Å²) >= 11 is 2.83. The molecule has 1 saturated heterocycles. The fourth-order valence-corrected chi connectivity index (χ4v) is 5.15. The van der Waals surface area contributed by atoms with Gasteiger partial charge in [0.2, 0.25) is 17.7 Å². The van der Waals surface area contributed by atoms with E-state index < -0.39 is 45.8 Å². The molecule has 2 rings (SSSR count). The molecule has 0 bridgehead atoms. The van der Waals surface area contributed by atoms with Gasteiger partial charge < -0.3 is 26.6 Å². The second kappa shape index (κ2) is 13.0. The average molecular weight is 546 g/mol. The van der Waals surface area contributed by atoms with Crippen LogP contribution in [0.4, 0.5) is 10.5 Å². The standard InChI is InChI=1S/C21H31N5O6S3/c1-33-12-18(27)26-11-14(24-21(30)23-13-5-4-6-15(9-13)34-2)10-17(26)20(29)25-16(19(22)28)7-8-35(3,31)32/h4-6,9,14,16-17H,7-8,10-12H2,1-3H3,(H2,22,28)(H,25,29)(H2,23,24,30)/t14-,16-,17-/m0/s1. The van der Waals surface area contributed by atoms with E-state index in [4.69, 9.17) is 5.73 Å². The zero-order valence-corrected chi connectivity index (χ0v) is 22.2. The smallest absolute Gasteiger partial charge is 0.319 e. The molecular weight excluding hydrogens is 514 g/mol. The zero-order valence-electron chi connectivity index (χ0n) is 19.8. The van der Waals surface area contributed by atoms with Crippen LogP contribution in [-0.4, -0.2) is 92.0 Å². The summed E-state index contributed by atoms with van der Waals surface area (Å²) in [6.45, 7) is 0.111. The summed E-state index contributed by atoms with van der Waals surface area (Å²) in [7, 11) is -3.37. The number of hydrogen-bond acceptors (Lipinski definition) is 8. The molecule has 3 atom stereocenters. The number of rotatable bonds is 11. The molecule has 1 fully saturated rings. The van der Waals surface area contributed by atoms with Crippen molar-refractivity contribution in [3.63, 3.8) is 0 Å². The van der Waals surface area contributed by atoms with Crippen molar-refractivity contribution in [2.75, 3.05) is 42.1 Å². The zero-order chi connectivity index (χ0) is 26.2. The summed E-state index contributed by atoms with van der Waals surface area (Å²) in [6, 6.07) is 4.17. The Morgan fingerprint density at radius 1 is 1.23 bits per heavy atom. The van der Waals surface area contributed by atoms with Crippen molar-refractivity contribution in [1.82, 2.24) is 15.5 Å². The highest BCUT2D eigenvalue weighted by atomic mass is 32.2. The molecule has 0 spiro atoms. The van der Waals surface area contributed by atoms with Gasteiger partial charge >= 0.3 is 6.03 Å². The minimum Gasteiger partial charge on any atom is -0.368 e. The summed E-state index contributed by atoms with van der Waals surface area (Å²) in [4.78, 5) is 52.3. The van der Waals surface area contributed by atoms with Gasteiger partial charge in [-0.2, -0.15) is 11.8 Å². The van der Waals surface area contributed by atoms with Crippen LogP contribution in [0.25, 0.3) is 0 Å². The highest BCUT2D eigenvalue weighted by Crippen LogP contribution is 2.21. The molecule has 35 heavy (non-hydrogen) atoms. The molecule has 1 aromatic carbocycles. The van der Waals surface area contributed by atoms with Gasteiger partial charge in [-0.3, -0.25) is 14.4 Å². The lowest BCUT2D eigenvalue weighted by Gasteiger charge is -2.25. The number of benzene rings is 1. The van der Waals surface area contributed by atoms with Gasteiger partial charge in [0.15, 0.2) is 0 Å². The molecule has 5 N–H and O–H groups in total. The number of primary amides is 1. The molecule has 0 unspecified atom stereocenters. The Labute approximate surface area is 213 Å². The lowest BCUT2D eigenvalue weighted by Crippen LogP contribution is -2.52. The number of nitrogens with one attached hydrogen (secondary N) is 3.